The van der Waals surface area contributed by atoms with E-state index in [4.69, 9.17) is 0 Å². The van der Waals surface area contributed by atoms with Gasteiger partial charge in [0.15, 0.2) is 9.84 Å². The summed E-state index contributed by atoms with van der Waals surface area (Å²) in [7, 11) is -3.09. The van der Waals surface area contributed by atoms with Gasteiger partial charge in [0.1, 0.15) is 0 Å². The first-order chi connectivity index (χ1) is 6.40. The first kappa shape index (κ1) is 11.6. The van der Waals surface area contributed by atoms with E-state index >= 15 is 0 Å². The average Bonchev–Trinajstić information content (AvgIpc) is 2.01. The Morgan fingerprint density at radius 1 is 1.36 bits per heavy atom. The minimum atomic E-state index is -3.09. The van der Waals surface area contributed by atoms with E-state index in [-0.39, 0.29) is 9.54 Å². The Morgan fingerprint density at radius 2 is 1.93 bits per heavy atom. The molecule has 0 saturated carbocycles. The zero-order valence-corrected chi connectivity index (χ0v) is 10.5. The second kappa shape index (κ2) is 4.39. The smallest absolute Gasteiger partial charge is 0.222 e. The molecule has 14 heavy (non-hydrogen) atoms. The Balaban J connectivity index is 3.15. The highest BCUT2D eigenvalue weighted by Gasteiger charge is 2.11. The monoisotopic (exact) mass is 324 g/mol. The molecule has 0 fully saturated rings. The van der Waals surface area contributed by atoms with Gasteiger partial charge in [0.05, 0.1) is 5.75 Å². The quantitative estimate of drug-likeness (QED) is 0.629. The third-order valence-electron chi connectivity index (χ3n) is 1.65. The van der Waals surface area contributed by atoms with Crippen LogP contribution in [0.1, 0.15) is 15.9 Å². The lowest BCUT2D eigenvalue weighted by atomic mass is 10.1. The normalized spacial score (nSPS) is 11.3. The second-order valence-electron chi connectivity index (χ2n) is 3.00. The topological polar surface area (TPSA) is 51.2 Å². The average molecular weight is 324 g/mol. The summed E-state index contributed by atoms with van der Waals surface area (Å²) >= 11 is 1.65. The largest absolute Gasteiger partial charge is 0.282 e. The highest BCUT2D eigenvalue weighted by atomic mass is 127. The van der Waals surface area contributed by atoms with Gasteiger partial charge in [-0.1, -0.05) is 24.3 Å². The van der Waals surface area contributed by atoms with E-state index in [1.54, 1.807) is 46.9 Å². The van der Waals surface area contributed by atoms with Crippen molar-refractivity contribution in [3.8, 4) is 0 Å². The summed E-state index contributed by atoms with van der Waals surface area (Å²) < 4.78 is 22.0. The summed E-state index contributed by atoms with van der Waals surface area (Å²) in [4.78, 5) is 11.1. The predicted octanol–water partition coefficient (Wildman–Crippen LogP) is 1.81. The number of hydrogen-bond donors (Lipinski definition) is 0. The lowest BCUT2D eigenvalue weighted by Gasteiger charge is -2.03. The standard InChI is InChI=1S/C9H9IO3S/c1-14(12,13)6-7-4-2-3-5-8(7)9(10)11/h2-5H,6H2,1H3. The van der Waals surface area contributed by atoms with Gasteiger partial charge in [-0.2, -0.15) is 0 Å². The van der Waals surface area contributed by atoms with Crippen molar-refractivity contribution in [1.82, 2.24) is 0 Å². The van der Waals surface area contributed by atoms with Crippen molar-refractivity contribution in [2.45, 2.75) is 5.75 Å². The summed E-state index contributed by atoms with van der Waals surface area (Å²) in [6.07, 6.45) is 1.15. The van der Waals surface area contributed by atoms with Crippen molar-refractivity contribution in [1.29, 1.82) is 0 Å². The van der Waals surface area contributed by atoms with Crippen LogP contribution in [0.5, 0.6) is 0 Å². The molecule has 0 spiro atoms. The minimum Gasteiger partial charge on any atom is -0.282 e. The molecular formula is C9H9IO3S. The molecular weight excluding hydrogens is 315 g/mol. The maximum atomic E-state index is 11.1. The number of carbonyl (C=O) groups is 1. The number of sulfone groups is 1. The van der Waals surface area contributed by atoms with Crippen LogP contribution in [0.25, 0.3) is 0 Å². The van der Waals surface area contributed by atoms with Gasteiger partial charge < -0.3 is 0 Å². The molecule has 0 heterocycles. The summed E-state index contributed by atoms with van der Waals surface area (Å²) in [5.41, 5.74) is 1.04. The molecule has 0 bridgehead atoms. The molecule has 0 radical (unpaired) electrons. The summed E-state index contributed by atoms with van der Waals surface area (Å²) in [5.74, 6) is -0.0854. The molecule has 0 aliphatic carbocycles. The fourth-order valence-electron chi connectivity index (χ4n) is 1.12. The van der Waals surface area contributed by atoms with E-state index in [1.807, 2.05) is 0 Å². The van der Waals surface area contributed by atoms with Crippen molar-refractivity contribution in [3.05, 3.63) is 35.4 Å². The molecule has 0 saturated heterocycles. The predicted molar refractivity (Wildman–Crippen MR) is 63.3 cm³/mol. The van der Waals surface area contributed by atoms with E-state index in [0.29, 0.717) is 11.1 Å². The SMILES string of the molecule is CS(=O)(=O)Cc1ccccc1C(=O)I. The second-order valence-corrected chi connectivity index (χ2v) is 6.12. The fourth-order valence-corrected chi connectivity index (χ4v) is 2.46. The molecule has 0 aliphatic heterocycles. The number of hydrogen-bond acceptors (Lipinski definition) is 3. The Hall–Kier alpha value is -0.430. The van der Waals surface area contributed by atoms with Crippen LogP contribution < -0.4 is 0 Å². The van der Waals surface area contributed by atoms with Gasteiger partial charge in [0.2, 0.25) is 3.79 Å². The molecule has 1 rings (SSSR count). The number of carbonyl (C=O) groups excluding carboxylic acids is 1. The van der Waals surface area contributed by atoms with Crippen LogP contribution in [0.3, 0.4) is 0 Å². The zero-order chi connectivity index (χ0) is 10.8. The molecule has 0 aliphatic rings. The maximum absolute atomic E-state index is 11.1. The number of rotatable bonds is 3. The summed E-state index contributed by atoms with van der Waals surface area (Å²) in [6.45, 7) is 0. The molecule has 0 N–H and O–H groups in total. The summed E-state index contributed by atoms with van der Waals surface area (Å²) in [6, 6.07) is 6.74. The molecule has 1 aromatic rings. The van der Waals surface area contributed by atoms with E-state index in [2.05, 4.69) is 0 Å². The molecule has 0 unspecified atom stereocenters. The van der Waals surface area contributed by atoms with Gasteiger partial charge in [-0.25, -0.2) is 8.42 Å². The van der Waals surface area contributed by atoms with Crippen LogP contribution in [0.2, 0.25) is 0 Å². The van der Waals surface area contributed by atoms with Crippen molar-refractivity contribution < 1.29 is 13.2 Å². The molecule has 76 valence electrons. The van der Waals surface area contributed by atoms with Crippen LogP contribution in [-0.4, -0.2) is 18.5 Å². The molecule has 5 heteroatoms. The van der Waals surface area contributed by atoms with E-state index in [0.717, 1.165) is 6.26 Å². The molecule has 3 nitrogen and oxygen atoms in total. The Labute approximate surface area is 96.6 Å². The Bertz CT molecular complexity index is 451. The number of benzene rings is 1. The first-order valence-corrected chi connectivity index (χ1v) is 6.99. The minimum absolute atomic E-state index is 0.0854. The van der Waals surface area contributed by atoms with Crippen LogP contribution in [0, 0.1) is 0 Å². The van der Waals surface area contributed by atoms with Gasteiger partial charge in [-0.15, -0.1) is 0 Å². The third-order valence-corrected chi connectivity index (χ3v) is 3.06. The molecule has 1 aromatic carbocycles. The molecule has 0 aromatic heterocycles. The Kier molecular flexibility index (Phi) is 3.65. The van der Waals surface area contributed by atoms with Gasteiger partial charge in [-0.3, -0.25) is 4.79 Å². The van der Waals surface area contributed by atoms with Gasteiger partial charge >= 0.3 is 0 Å². The maximum Gasteiger partial charge on any atom is 0.222 e. The third kappa shape index (κ3) is 3.38. The van der Waals surface area contributed by atoms with Crippen LogP contribution in [0.15, 0.2) is 24.3 Å². The van der Waals surface area contributed by atoms with E-state index in [1.165, 1.54) is 0 Å². The number of halogens is 1. The first-order valence-electron chi connectivity index (χ1n) is 3.85. The Morgan fingerprint density at radius 3 is 2.43 bits per heavy atom. The van der Waals surface area contributed by atoms with Crippen molar-refractivity contribution >= 4 is 36.2 Å². The van der Waals surface area contributed by atoms with Crippen LogP contribution in [-0.2, 0) is 15.6 Å². The summed E-state index contributed by atoms with van der Waals surface area (Å²) in [5, 5.41) is 0. The zero-order valence-electron chi connectivity index (χ0n) is 7.53. The van der Waals surface area contributed by atoms with Crippen molar-refractivity contribution in [2.24, 2.45) is 0 Å². The van der Waals surface area contributed by atoms with Crippen LogP contribution in [0.4, 0.5) is 0 Å². The molecule has 0 amide bonds. The van der Waals surface area contributed by atoms with Gasteiger partial charge in [-0.05, 0) is 5.56 Å². The van der Waals surface area contributed by atoms with Crippen molar-refractivity contribution in [3.63, 3.8) is 0 Å². The fraction of sp³-hybridized carbons (Fsp3) is 0.222. The lowest BCUT2D eigenvalue weighted by molar-refractivity contribution is 0.110. The van der Waals surface area contributed by atoms with Gasteiger partial charge in [0, 0.05) is 34.4 Å². The lowest BCUT2D eigenvalue weighted by Crippen LogP contribution is -2.05. The van der Waals surface area contributed by atoms with Crippen molar-refractivity contribution in [2.75, 3.05) is 6.26 Å². The molecule has 0 atom stereocenters. The van der Waals surface area contributed by atoms with Gasteiger partial charge in [0.25, 0.3) is 0 Å². The van der Waals surface area contributed by atoms with E-state index < -0.39 is 9.84 Å². The highest BCUT2D eigenvalue weighted by Crippen LogP contribution is 2.15. The highest BCUT2D eigenvalue weighted by molar-refractivity contribution is 14.1. The van der Waals surface area contributed by atoms with E-state index in [9.17, 15) is 13.2 Å². The van der Waals surface area contributed by atoms with Crippen LogP contribution >= 0.6 is 22.6 Å².